The molecule has 0 amide bonds. The molecule has 0 aromatic rings. The van der Waals surface area contributed by atoms with E-state index in [0.29, 0.717) is 5.92 Å². The Morgan fingerprint density at radius 3 is 2.25 bits per heavy atom. The van der Waals surface area contributed by atoms with E-state index in [0.717, 1.165) is 6.42 Å². The van der Waals surface area contributed by atoms with Crippen LogP contribution in [0.5, 0.6) is 0 Å². The molecule has 0 aliphatic rings. The van der Waals surface area contributed by atoms with Crippen molar-refractivity contribution < 1.29 is 0 Å². The second-order valence-corrected chi connectivity index (χ2v) is 2.48. The van der Waals surface area contributed by atoms with E-state index in [9.17, 15) is 0 Å². The lowest BCUT2D eigenvalue weighted by molar-refractivity contribution is 0.683. The molecule has 0 heteroatoms. The Labute approximate surface area is 52.3 Å². The monoisotopic (exact) mass is 109 g/mol. The third kappa shape index (κ3) is 3.74. The van der Waals surface area contributed by atoms with Crippen molar-refractivity contribution in [2.24, 2.45) is 5.92 Å². The molecule has 0 aromatic carbocycles. The normalized spacial score (nSPS) is 13.4. The molecule has 0 aliphatic carbocycles. The lowest BCUT2D eigenvalue weighted by atomic mass is 10.0. The molecule has 0 rings (SSSR count). The quantitative estimate of drug-likeness (QED) is 0.477. The zero-order valence-corrected chi connectivity index (χ0v) is 5.86. The maximum absolute atomic E-state index is 5.16. The molecule has 0 bridgehead atoms. The van der Waals surface area contributed by atoms with Gasteiger partial charge in [0, 0.05) is 5.92 Å². The molecule has 1 unspecified atom stereocenters. The summed E-state index contributed by atoms with van der Waals surface area (Å²) in [5, 5.41) is 0. The first-order valence-electron chi connectivity index (χ1n) is 2.92. The van der Waals surface area contributed by atoms with Crippen molar-refractivity contribution in [3.63, 3.8) is 0 Å². The first-order chi connectivity index (χ1) is 3.66. The van der Waals surface area contributed by atoms with E-state index in [1.54, 1.807) is 0 Å². The Morgan fingerprint density at radius 2 is 2.12 bits per heavy atom. The van der Waals surface area contributed by atoms with Gasteiger partial charge in [0.05, 0.1) is 0 Å². The maximum Gasteiger partial charge on any atom is 0.0177 e. The van der Waals surface area contributed by atoms with Crippen molar-refractivity contribution in [1.29, 1.82) is 0 Å². The van der Waals surface area contributed by atoms with Crippen LogP contribution >= 0.6 is 0 Å². The lowest BCUT2D eigenvalue weighted by Crippen LogP contribution is -1.93. The van der Waals surface area contributed by atoms with Crippen LogP contribution in [0.3, 0.4) is 0 Å². The van der Waals surface area contributed by atoms with Gasteiger partial charge in [-0.2, -0.15) is 0 Å². The Morgan fingerprint density at radius 1 is 1.62 bits per heavy atom. The van der Waals surface area contributed by atoms with Crippen LogP contribution in [0.15, 0.2) is 0 Å². The summed E-state index contributed by atoms with van der Waals surface area (Å²) < 4.78 is 0. The van der Waals surface area contributed by atoms with Gasteiger partial charge in [0.15, 0.2) is 0 Å². The lowest BCUT2D eigenvalue weighted by Gasteiger charge is -2.04. The number of rotatable bonds is 2. The second-order valence-electron chi connectivity index (χ2n) is 2.48. The van der Waals surface area contributed by atoms with Crippen molar-refractivity contribution in [3.8, 4) is 12.3 Å². The van der Waals surface area contributed by atoms with Crippen molar-refractivity contribution >= 4 is 0 Å². The highest BCUT2D eigenvalue weighted by molar-refractivity contribution is 4.95. The van der Waals surface area contributed by atoms with Gasteiger partial charge in [0.2, 0.25) is 0 Å². The molecule has 45 valence electrons. The summed E-state index contributed by atoms with van der Waals surface area (Å²) in [6.45, 7) is 6.27. The Kier molecular flexibility index (Phi) is 3.35. The van der Waals surface area contributed by atoms with Gasteiger partial charge in [0.25, 0.3) is 0 Å². The highest BCUT2D eigenvalue weighted by atomic mass is 14.0. The number of hydrogen-bond acceptors (Lipinski definition) is 0. The number of hydrogen-bond donors (Lipinski definition) is 0. The van der Waals surface area contributed by atoms with Crippen LogP contribution in [0.1, 0.15) is 27.2 Å². The van der Waals surface area contributed by atoms with Crippen LogP contribution in [0, 0.1) is 24.2 Å². The predicted molar refractivity (Wildman–Crippen MR) is 37.2 cm³/mol. The van der Waals surface area contributed by atoms with Crippen LogP contribution < -0.4 is 0 Å². The minimum atomic E-state index is 0.417. The summed E-state index contributed by atoms with van der Waals surface area (Å²) >= 11 is 0. The van der Waals surface area contributed by atoms with Gasteiger partial charge in [-0.15, -0.1) is 12.3 Å². The molecule has 0 aliphatic heterocycles. The first kappa shape index (κ1) is 7.56. The van der Waals surface area contributed by atoms with Crippen LogP contribution in [0.25, 0.3) is 0 Å². The van der Waals surface area contributed by atoms with Crippen LogP contribution in [0.4, 0.5) is 0 Å². The SMILES string of the molecule is C#CC(C)C[C](C)C. The van der Waals surface area contributed by atoms with Gasteiger partial charge in [0.1, 0.15) is 0 Å². The zero-order chi connectivity index (χ0) is 6.57. The molecular formula is C8H13. The molecule has 1 radical (unpaired) electrons. The molecule has 0 heterocycles. The fraction of sp³-hybridized carbons (Fsp3) is 0.625. The predicted octanol–water partition coefficient (Wildman–Crippen LogP) is 2.26. The van der Waals surface area contributed by atoms with Crippen molar-refractivity contribution in [2.75, 3.05) is 0 Å². The molecule has 0 fully saturated rings. The van der Waals surface area contributed by atoms with Gasteiger partial charge < -0.3 is 0 Å². The minimum absolute atomic E-state index is 0.417. The molecule has 1 atom stereocenters. The van der Waals surface area contributed by atoms with Gasteiger partial charge in [-0.1, -0.05) is 20.8 Å². The van der Waals surface area contributed by atoms with E-state index in [-0.39, 0.29) is 0 Å². The van der Waals surface area contributed by atoms with Gasteiger partial charge in [-0.05, 0) is 12.3 Å². The van der Waals surface area contributed by atoms with Crippen molar-refractivity contribution in [2.45, 2.75) is 27.2 Å². The van der Waals surface area contributed by atoms with E-state index in [1.807, 2.05) is 0 Å². The Bertz CT molecular complexity index is 84.7. The maximum atomic E-state index is 5.16. The topological polar surface area (TPSA) is 0 Å². The summed E-state index contributed by atoms with van der Waals surface area (Å²) in [4.78, 5) is 0. The summed E-state index contributed by atoms with van der Waals surface area (Å²) in [7, 11) is 0. The van der Waals surface area contributed by atoms with E-state index in [1.165, 1.54) is 5.92 Å². The summed E-state index contributed by atoms with van der Waals surface area (Å²) in [5.74, 6) is 4.50. The van der Waals surface area contributed by atoms with E-state index in [4.69, 9.17) is 6.42 Å². The van der Waals surface area contributed by atoms with E-state index in [2.05, 4.69) is 26.7 Å². The average molecular weight is 109 g/mol. The van der Waals surface area contributed by atoms with Gasteiger partial charge in [-0.3, -0.25) is 0 Å². The summed E-state index contributed by atoms with van der Waals surface area (Å²) in [6.07, 6.45) is 6.22. The molecular weight excluding hydrogens is 96.1 g/mol. The van der Waals surface area contributed by atoms with Gasteiger partial charge in [-0.25, -0.2) is 0 Å². The number of terminal acetylenes is 1. The van der Waals surface area contributed by atoms with E-state index >= 15 is 0 Å². The third-order valence-corrected chi connectivity index (χ3v) is 0.999. The summed E-state index contributed by atoms with van der Waals surface area (Å²) in [6, 6.07) is 0. The third-order valence-electron chi connectivity index (χ3n) is 0.999. The smallest absolute Gasteiger partial charge is 0.0177 e. The standard InChI is InChI=1S/C8H13/c1-5-8(4)6-7(2)3/h1,8H,6H2,2-4H3. The molecule has 0 nitrogen and oxygen atoms in total. The fourth-order valence-electron chi connectivity index (χ4n) is 0.671. The highest BCUT2D eigenvalue weighted by Gasteiger charge is 1.99. The first-order valence-corrected chi connectivity index (χ1v) is 2.92. The summed E-state index contributed by atoms with van der Waals surface area (Å²) in [5.41, 5.74) is 0. The largest absolute Gasteiger partial charge is 0.120 e. The Balaban J connectivity index is 3.28. The molecule has 0 N–H and O–H groups in total. The zero-order valence-electron chi connectivity index (χ0n) is 5.86. The molecule has 8 heavy (non-hydrogen) atoms. The van der Waals surface area contributed by atoms with Crippen LogP contribution in [-0.4, -0.2) is 0 Å². The second kappa shape index (κ2) is 3.55. The van der Waals surface area contributed by atoms with Gasteiger partial charge >= 0.3 is 0 Å². The highest BCUT2D eigenvalue weighted by Crippen LogP contribution is 2.10. The molecule has 0 spiro atoms. The van der Waals surface area contributed by atoms with E-state index < -0.39 is 0 Å². The Hall–Kier alpha value is -0.440. The van der Waals surface area contributed by atoms with Crippen LogP contribution in [0.2, 0.25) is 0 Å². The van der Waals surface area contributed by atoms with Crippen LogP contribution in [-0.2, 0) is 0 Å². The average Bonchev–Trinajstić information content (AvgIpc) is 1.65. The minimum Gasteiger partial charge on any atom is -0.120 e. The molecule has 0 saturated heterocycles. The molecule has 0 aromatic heterocycles. The fourth-order valence-corrected chi connectivity index (χ4v) is 0.671. The van der Waals surface area contributed by atoms with Crippen molar-refractivity contribution in [3.05, 3.63) is 5.92 Å². The molecule has 0 saturated carbocycles. The van der Waals surface area contributed by atoms with Crippen molar-refractivity contribution in [1.82, 2.24) is 0 Å².